The van der Waals surface area contributed by atoms with Crippen molar-refractivity contribution in [2.24, 2.45) is 7.05 Å². The number of amides is 1. The highest BCUT2D eigenvalue weighted by Gasteiger charge is 2.32. The second kappa shape index (κ2) is 6.18. The zero-order chi connectivity index (χ0) is 16.7. The number of aryl methyl sites for hydroxylation is 1. The van der Waals surface area contributed by atoms with Crippen molar-refractivity contribution >= 4 is 17.5 Å². The third kappa shape index (κ3) is 3.03. The second-order valence-corrected chi connectivity index (χ2v) is 6.76. The molecule has 0 bridgehead atoms. The molecule has 2 aromatic heterocycles. The highest BCUT2D eigenvalue weighted by molar-refractivity contribution is 6.33. The van der Waals surface area contributed by atoms with Crippen LogP contribution in [0.4, 0.5) is 0 Å². The van der Waals surface area contributed by atoms with Crippen LogP contribution in [0.1, 0.15) is 59.8 Å². The molecule has 2 N–H and O–H groups in total. The fraction of sp³-hybridized carbons (Fsp3) is 0.600. The largest absolute Gasteiger partial charge is 0.365 e. The molecule has 1 aliphatic carbocycles. The van der Waals surface area contributed by atoms with Crippen LogP contribution in [-0.4, -0.2) is 43.5 Å². The molecule has 8 nitrogen and oxygen atoms in total. The number of halogens is 1. The van der Waals surface area contributed by atoms with Crippen LogP contribution in [-0.2, 0) is 11.8 Å². The number of H-pyrrole nitrogens is 1. The molecule has 0 radical (unpaired) electrons. The number of aromatic nitrogens is 5. The number of hydrogen-bond acceptors (Lipinski definition) is 5. The van der Waals surface area contributed by atoms with Gasteiger partial charge in [0.2, 0.25) is 0 Å². The van der Waals surface area contributed by atoms with Gasteiger partial charge in [0.05, 0.1) is 17.3 Å². The first-order valence-electron chi connectivity index (χ1n) is 8.15. The van der Waals surface area contributed by atoms with Crippen molar-refractivity contribution in [3.8, 4) is 0 Å². The Balaban J connectivity index is 1.31. The van der Waals surface area contributed by atoms with Gasteiger partial charge in [0.25, 0.3) is 5.91 Å². The van der Waals surface area contributed by atoms with Gasteiger partial charge in [0, 0.05) is 19.5 Å². The van der Waals surface area contributed by atoms with E-state index in [4.69, 9.17) is 16.3 Å². The van der Waals surface area contributed by atoms with Crippen LogP contribution >= 0.6 is 11.6 Å². The van der Waals surface area contributed by atoms with E-state index in [1.807, 2.05) is 0 Å². The molecule has 128 valence electrons. The smallest absolute Gasteiger partial charge is 0.271 e. The second-order valence-electron chi connectivity index (χ2n) is 6.35. The number of hydrogen-bond donors (Lipinski definition) is 2. The fourth-order valence-electron chi connectivity index (χ4n) is 2.97. The lowest BCUT2D eigenvalue weighted by Crippen LogP contribution is -2.33. The van der Waals surface area contributed by atoms with Crippen molar-refractivity contribution in [2.45, 2.75) is 43.8 Å². The molecular formula is C15H19ClN6O2. The monoisotopic (exact) mass is 350 g/mol. The molecule has 0 unspecified atom stereocenters. The van der Waals surface area contributed by atoms with Crippen LogP contribution in [0.2, 0.25) is 5.02 Å². The Morgan fingerprint density at radius 3 is 3.00 bits per heavy atom. The first-order valence-corrected chi connectivity index (χ1v) is 8.53. The Kier molecular flexibility index (Phi) is 4.01. The lowest BCUT2D eigenvalue weighted by atomic mass is 10.2. The van der Waals surface area contributed by atoms with Crippen LogP contribution in [0.3, 0.4) is 0 Å². The fourth-order valence-corrected chi connectivity index (χ4v) is 3.22. The summed E-state index contributed by atoms with van der Waals surface area (Å²) in [5.74, 6) is 1.97. The van der Waals surface area contributed by atoms with Gasteiger partial charge < -0.3 is 10.1 Å². The van der Waals surface area contributed by atoms with E-state index < -0.39 is 0 Å². The van der Waals surface area contributed by atoms with E-state index in [-0.39, 0.29) is 18.1 Å². The van der Waals surface area contributed by atoms with Gasteiger partial charge in [-0.2, -0.15) is 10.2 Å². The van der Waals surface area contributed by atoms with Gasteiger partial charge in [-0.1, -0.05) is 11.6 Å². The van der Waals surface area contributed by atoms with E-state index in [0.29, 0.717) is 23.2 Å². The van der Waals surface area contributed by atoms with Crippen LogP contribution in [0.25, 0.3) is 0 Å². The van der Waals surface area contributed by atoms with Crippen LogP contribution < -0.4 is 5.32 Å². The lowest BCUT2D eigenvalue weighted by molar-refractivity contribution is 0.0391. The zero-order valence-corrected chi connectivity index (χ0v) is 14.1. The summed E-state index contributed by atoms with van der Waals surface area (Å²) in [4.78, 5) is 16.7. The topological polar surface area (TPSA) is 97.7 Å². The summed E-state index contributed by atoms with van der Waals surface area (Å²) in [6.45, 7) is 0.431. The maximum absolute atomic E-state index is 12.2. The van der Waals surface area contributed by atoms with Crippen LogP contribution in [0.5, 0.6) is 0 Å². The summed E-state index contributed by atoms with van der Waals surface area (Å²) in [7, 11) is 1.68. The number of nitrogens with one attached hydrogen (secondary N) is 2. The Bertz CT molecular complexity index is 733. The molecule has 3 heterocycles. The Morgan fingerprint density at radius 2 is 2.29 bits per heavy atom. The molecule has 2 aromatic rings. The average Bonchev–Trinajstić information content (AvgIpc) is 2.98. The molecule has 2 aliphatic rings. The minimum Gasteiger partial charge on any atom is -0.365 e. The number of carbonyl (C=O) groups excluding carboxylic acids is 1. The molecule has 9 heteroatoms. The first-order chi connectivity index (χ1) is 11.6. The van der Waals surface area contributed by atoms with Gasteiger partial charge in [-0.3, -0.25) is 14.6 Å². The zero-order valence-electron chi connectivity index (χ0n) is 13.3. The minimum atomic E-state index is -0.247. The predicted molar refractivity (Wildman–Crippen MR) is 85.8 cm³/mol. The Morgan fingerprint density at radius 1 is 1.46 bits per heavy atom. The summed E-state index contributed by atoms with van der Waals surface area (Å²) in [5.41, 5.74) is 0.357. The summed E-state index contributed by atoms with van der Waals surface area (Å²) in [6, 6.07) is 0. The van der Waals surface area contributed by atoms with Crippen molar-refractivity contribution in [1.29, 1.82) is 0 Å². The van der Waals surface area contributed by atoms with Gasteiger partial charge in [0.1, 0.15) is 11.8 Å². The summed E-state index contributed by atoms with van der Waals surface area (Å²) < 4.78 is 7.45. The van der Waals surface area contributed by atoms with E-state index in [2.05, 4.69) is 25.6 Å². The maximum Gasteiger partial charge on any atom is 0.271 e. The van der Waals surface area contributed by atoms with Crippen molar-refractivity contribution < 1.29 is 9.53 Å². The van der Waals surface area contributed by atoms with E-state index in [9.17, 15) is 4.79 Å². The number of nitrogens with zero attached hydrogens (tertiary/aromatic N) is 4. The van der Waals surface area contributed by atoms with Crippen molar-refractivity contribution in [2.75, 3.05) is 6.54 Å². The standard InChI is InChI=1S/C15H19ClN6O2/c1-22-12(10(16)7-18-22)15(23)17-6-9-4-5-11(24-9)14-19-13(20-21-14)8-2-3-8/h7-9,11H,2-6H2,1H3,(H,17,23)(H,19,20,21)/t9-,11+/m1/s1. The van der Waals surface area contributed by atoms with E-state index >= 15 is 0 Å². The number of rotatable bonds is 5. The minimum absolute atomic E-state index is 0.0413. The highest BCUT2D eigenvalue weighted by atomic mass is 35.5. The van der Waals surface area contributed by atoms with Gasteiger partial charge in [-0.15, -0.1) is 0 Å². The molecule has 0 spiro atoms. The third-order valence-corrected chi connectivity index (χ3v) is 4.75. The van der Waals surface area contributed by atoms with E-state index in [0.717, 1.165) is 24.5 Å². The molecule has 1 amide bonds. The summed E-state index contributed by atoms with van der Waals surface area (Å²) in [6.07, 6.45) is 5.42. The van der Waals surface area contributed by atoms with Gasteiger partial charge in [-0.25, -0.2) is 4.98 Å². The molecule has 1 saturated heterocycles. The van der Waals surface area contributed by atoms with E-state index in [1.54, 1.807) is 7.05 Å². The van der Waals surface area contributed by atoms with Crippen molar-refractivity contribution in [1.82, 2.24) is 30.3 Å². The van der Waals surface area contributed by atoms with Crippen LogP contribution in [0, 0.1) is 0 Å². The molecule has 0 aromatic carbocycles. The van der Waals surface area contributed by atoms with Gasteiger partial charge in [0.15, 0.2) is 11.6 Å². The number of aromatic amines is 1. The number of ether oxygens (including phenoxy) is 1. The van der Waals surface area contributed by atoms with Gasteiger partial charge in [-0.05, 0) is 25.7 Å². The number of carbonyl (C=O) groups is 1. The molecular weight excluding hydrogens is 332 g/mol. The van der Waals surface area contributed by atoms with Crippen LogP contribution in [0.15, 0.2) is 6.20 Å². The molecule has 2 atom stereocenters. The van der Waals surface area contributed by atoms with E-state index in [1.165, 1.54) is 23.7 Å². The molecule has 24 heavy (non-hydrogen) atoms. The SMILES string of the molecule is Cn1ncc(Cl)c1C(=O)NC[C@H]1CC[C@@H](c2nc(C3CC3)n[nH]2)O1. The maximum atomic E-state index is 12.2. The van der Waals surface area contributed by atoms with Crippen molar-refractivity contribution in [3.63, 3.8) is 0 Å². The first kappa shape index (κ1) is 15.6. The lowest BCUT2D eigenvalue weighted by Gasteiger charge is -2.13. The average molecular weight is 351 g/mol. The normalized spacial score (nSPS) is 23.6. The third-order valence-electron chi connectivity index (χ3n) is 4.47. The Labute approximate surface area is 143 Å². The van der Waals surface area contributed by atoms with Crippen molar-refractivity contribution in [3.05, 3.63) is 28.6 Å². The predicted octanol–water partition coefficient (Wildman–Crippen LogP) is 1.72. The highest BCUT2D eigenvalue weighted by Crippen LogP contribution is 2.39. The van der Waals surface area contributed by atoms with Gasteiger partial charge >= 0.3 is 0 Å². The molecule has 2 fully saturated rings. The molecule has 4 rings (SSSR count). The summed E-state index contributed by atoms with van der Waals surface area (Å²) >= 11 is 5.98. The molecule has 1 aliphatic heterocycles. The quantitative estimate of drug-likeness (QED) is 0.855. The summed E-state index contributed by atoms with van der Waals surface area (Å²) in [5, 5.41) is 14.4. The Hall–Kier alpha value is -1.93. The molecule has 1 saturated carbocycles.